The molecule has 0 aliphatic carbocycles. The van der Waals surface area contributed by atoms with Gasteiger partial charge in [-0.3, -0.25) is 4.79 Å². The van der Waals surface area contributed by atoms with E-state index in [0.717, 1.165) is 6.26 Å². The molecule has 9 nitrogen and oxygen atoms in total. The molecule has 0 saturated carbocycles. The molecule has 2 rings (SSSR count). The highest BCUT2D eigenvalue weighted by atomic mass is 32.2. The van der Waals surface area contributed by atoms with Crippen molar-refractivity contribution in [1.82, 2.24) is 4.72 Å². The van der Waals surface area contributed by atoms with Crippen LogP contribution in [-0.2, 0) is 29.4 Å². The van der Waals surface area contributed by atoms with Gasteiger partial charge >= 0.3 is 5.97 Å². The molecule has 0 aromatic heterocycles. The first-order valence-corrected chi connectivity index (χ1v) is 12.6. The molecule has 2 aromatic rings. The Kier molecular flexibility index (Phi) is 7.58. The van der Waals surface area contributed by atoms with Gasteiger partial charge in [-0.25, -0.2) is 26.4 Å². The minimum atomic E-state index is -3.65. The van der Waals surface area contributed by atoms with Gasteiger partial charge < -0.3 is 10.1 Å². The minimum Gasteiger partial charge on any atom is -0.449 e. The average molecular weight is 469 g/mol. The zero-order valence-corrected chi connectivity index (χ0v) is 19.1. The molecular weight excluding hydrogens is 444 g/mol. The van der Waals surface area contributed by atoms with E-state index in [1.54, 1.807) is 13.8 Å². The third-order valence-corrected chi connectivity index (χ3v) is 6.80. The predicted octanol–water partition coefficient (Wildman–Crippen LogP) is 1.96. The summed E-state index contributed by atoms with van der Waals surface area (Å²) in [5, 5.41) is 2.54. The van der Waals surface area contributed by atoms with Crippen LogP contribution in [0.3, 0.4) is 0 Å². The van der Waals surface area contributed by atoms with Gasteiger partial charge in [-0.15, -0.1) is 0 Å². The number of esters is 1. The van der Waals surface area contributed by atoms with Crippen LogP contribution in [0.15, 0.2) is 58.3 Å². The molecule has 0 saturated heterocycles. The Morgan fingerprint density at radius 3 is 1.84 bits per heavy atom. The number of sulfone groups is 1. The number of carbonyl (C=O) groups is 2. The second kappa shape index (κ2) is 9.58. The lowest BCUT2D eigenvalue weighted by Gasteiger charge is -2.14. The first kappa shape index (κ1) is 24.5. The summed E-state index contributed by atoms with van der Waals surface area (Å²) in [6, 6.07) is 10.4. The van der Waals surface area contributed by atoms with Crippen molar-refractivity contribution < 1.29 is 31.2 Å². The highest BCUT2D eigenvalue weighted by Crippen LogP contribution is 2.16. The van der Waals surface area contributed by atoms with Crippen molar-refractivity contribution in [3.8, 4) is 0 Å². The fourth-order valence-electron chi connectivity index (χ4n) is 2.46. The van der Waals surface area contributed by atoms with Gasteiger partial charge in [0.2, 0.25) is 10.0 Å². The maximum absolute atomic E-state index is 12.3. The second-order valence-corrected chi connectivity index (χ2v) is 10.9. The van der Waals surface area contributed by atoms with Crippen molar-refractivity contribution >= 4 is 37.4 Å². The van der Waals surface area contributed by atoms with Gasteiger partial charge in [0.25, 0.3) is 5.91 Å². The largest absolute Gasteiger partial charge is 0.449 e. The summed E-state index contributed by atoms with van der Waals surface area (Å²) in [7, 11) is -7.04. The molecule has 0 heterocycles. The van der Waals surface area contributed by atoms with Crippen molar-refractivity contribution in [2.24, 2.45) is 0 Å². The topological polar surface area (TPSA) is 136 Å². The molecule has 0 spiro atoms. The Hall–Kier alpha value is -2.76. The number of rotatable bonds is 8. The molecule has 1 amide bonds. The van der Waals surface area contributed by atoms with Crippen LogP contribution in [0.25, 0.3) is 0 Å². The van der Waals surface area contributed by atoms with Crippen molar-refractivity contribution in [3.63, 3.8) is 0 Å². The predicted molar refractivity (Wildman–Crippen MR) is 115 cm³/mol. The van der Waals surface area contributed by atoms with Gasteiger partial charge in [0.15, 0.2) is 15.9 Å². The monoisotopic (exact) mass is 468 g/mol. The Balaban J connectivity index is 2.00. The van der Waals surface area contributed by atoms with Crippen LogP contribution in [-0.4, -0.2) is 47.1 Å². The van der Waals surface area contributed by atoms with E-state index in [2.05, 4.69) is 10.0 Å². The number of benzene rings is 2. The molecule has 0 fully saturated rings. The number of anilines is 1. The number of carbonyl (C=O) groups excluding carboxylic acids is 2. The normalized spacial score (nSPS) is 12.9. The van der Waals surface area contributed by atoms with Crippen LogP contribution in [0, 0.1) is 0 Å². The van der Waals surface area contributed by atoms with Crippen LogP contribution in [0.2, 0.25) is 0 Å². The van der Waals surface area contributed by atoms with Gasteiger partial charge in [0.1, 0.15) is 0 Å². The van der Waals surface area contributed by atoms with E-state index in [1.807, 2.05) is 0 Å². The van der Waals surface area contributed by atoms with E-state index >= 15 is 0 Å². The van der Waals surface area contributed by atoms with E-state index in [9.17, 15) is 26.4 Å². The Labute approximate surface area is 181 Å². The molecule has 31 heavy (non-hydrogen) atoms. The Morgan fingerprint density at radius 2 is 1.35 bits per heavy atom. The molecular formula is C20H24N2O7S2. The zero-order valence-electron chi connectivity index (χ0n) is 17.4. The van der Waals surface area contributed by atoms with E-state index in [-0.39, 0.29) is 21.4 Å². The lowest BCUT2D eigenvalue weighted by Crippen LogP contribution is -2.30. The van der Waals surface area contributed by atoms with Gasteiger partial charge in [-0.2, -0.15) is 0 Å². The molecule has 2 aromatic carbocycles. The van der Waals surface area contributed by atoms with Crippen molar-refractivity contribution in [2.75, 3.05) is 11.6 Å². The summed E-state index contributed by atoms with van der Waals surface area (Å²) in [5.41, 5.74) is 0.424. The van der Waals surface area contributed by atoms with Crippen LogP contribution in [0.5, 0.6) is 0 Å². The lowest BCUT2D eigenvalue weighted by molar-refractivity contribution is -0.123. The van der Waals surface area contributed by atoms with Gasteiger partial charge in [-0.1, -0.05) is 0 Å². The first-order chi connectivity index (χ1) is 14.3. The van der Waals surface area contributed by atoms with Crippen LogP contribution < -0.4 is 10.0 Å². The maximum Gasteiger partial charge on any atom is 0.338 e. The smallest absolute Gasteiger partial charge is 0.338 e. The van der Waals surface area contributed by atoms with Gasteiger partial charge in [0, 0.05) is 18.0 Å². The number of hydrogen-bond donors (Lipinski definition) is 2. The summed E-state index contributed by atoms with van der Waals surface area (Å²) in [6.45, 7) is 4.78. The molecule has 0 unspecified atom stereocenters. The zero-order chi connectivity index (χ0) is 23.4. The highest BCUT2D eigenvalue weighted by Gasteiger charge is 2.20. The number of nitrogens with one attached hydrogen (secondary N) is 2. The quantitative estimate of drug-likeness (QED) is 0.565. The van der Waals surface area contributed by atoms with Crippen molar-refractivity contribution in [1.29, 1.82) is 0 Å². The number of amides is 1. The van der Waals surface area contributed by atoms with Crippen molar-refractivity contribution in [3.05, 3.63) is 54.1 Å². The fourth-order valence-corrected chi connectivity index (χ4v) is 4.34. The average Bonchev–Trinajstić information content (AvgIpc) is 2.66. The molecule has 0 aliphatic rings. The fraction of sp³-hybridized carbons (Fsp3) is 0.300. The number of sulfonamides is 1. The summed E-state index contributed by atoms with van der Waals surface area (Å²) >= 11 is 0. The summed E-state index contributed by atoms with van der Waals surface area (Å²) < 4.78 is 54.8. The van der Waals surface area contributed by atoms with E-state index in [4.69, 9.17) is 4.74 Å². The SMILES string of the molecule is CC(C)NS(=O)(=O)c1ccc(NC(=O)[C@@H](C)OC(=O)c2ccc(S(C)(=O)=O)cc2)cc1. The molecule has 0 radical (unpaired) electrons. The molecule has 168 valence electrons. The highest BCUT2D eigenvalue weighted by molar-refractivity contribution is 7.90. The third-order valence-electron chi connectivity index (χ3n) is 3.99. The van der Waals surface area contributed by atoms with Crippen LogP contribution >= 0.6 is 0 Å². The summed E-state index contributed by atoms with van der Waals surface area (Å²) in [4.78, 5) is 24.6. The Bertz CT molecular complexity index is 1160. The second-order valence-electron chi connectivity index (χ2n) is 7.13. The van der Waals surface area contributed by atoms with Crippen LogP contribution in [0.4, 0.5) is 5.69 Å². The molecule has 0 bridgehead atoms. The van der Waals surface area contributed by atoms with Gasteiger partial charge in [-0.05, 0) is 69.3 Å². The van der Waals surface area contributed by atoms with Crippen molar-refractivity contribution in [2.45, 2.75) is 42.7 Å². The molecule has 1 atom stereocenters. The third kappa shape index (κ3) is 6.88. The summed E-state index contributed by atoms with van der Waals surface area (Å²) in [5.74, 6) is -1.40. The van der Waals surface area contributed by atoms with E-state index in [1.165, 1.54) is 55.5 Å². The standard InChI is InChI=1S/C20H24N2O7S2/c1-13(2)22-31(27,28)18-11-7-16(8-12-18)21-19(23)14(3)29-20(24)15-5-9-17(10-6-15)30(4,25)26/h5-14,22H,1-4H3,(H,21,23)/t14-/m1/s1. The van der Waals surface area contributed by atoms with E-state index < -0.39 is 37.8 Å². The molecule has 2 N–H and O–H groups in total. The Morgan fingerprint density at radius 1 is 0.839 bits per heavy atom. The van der Waals surface area contributed by atoms with E-state index in [0.29, 0.717) is 5.69 Å². The van der Waals surface area contributed by atoms with Crippen LogP contribution in [0.1, 0.15) is 31.1 Å². The maximum atomic E-state index is 12.3. The first-order valence-electron chi connectivity index (χ1n) is 9.24. The number of hydrogen-bond acceptors (Lipinski definition) is 7. The number of ether oxygens (including phenoxy) is 1. The lowest BCUT2D eigenvalue weighted by atomic mass is 10.2. The van der Waals surface area contributed by atoms with Gasteiger partial charge in [0.05, 0.1) is 15.4 Å². The molecule has 11 heteroatoms. The minimum absolute atomic E-state index is 0.0521. The molecule has 0 aliphatic heterocycles. The summed E-state index contributed by atoms with van der Waals surface area (Å²) in [6.07, 6.45) is -0.0942.